The number of phenols is 1. The molecular weight excluding hydrogens is 323 g/mol. The van der Waals surface area contributed by atoms with Gasteiger partial charge >= 0.3 is 10.2 Å². The van der Waals surface area contributed by atoms with Gasteiger partial charge in [-0.05, 0) is 30.0 Å². The van der Waals surface area contributed by atoms with Crippen molar-refractivity contribution in [1.29, 1.82) is 0 Å². The highest BCUT2D eigenvalue weighted by Gasteiger charge is 2.37. The molecule has 2 aliphatic rings. The zero-order chi connectivity index (χ0) is 16.6. The van der Waals surface area contributed by atoms with Crippen molar-refractivity contribution in [2.75, 3.05) is 10.8 Å². The first-order chi connectivity index (χ1) is 10.9. The number of amides is 1. The molecule has 1 saturated heterocycles. The molecule has 0 spiro atoms. The van der Waals surface area contributed by atoms with E-state index in [1.807, 2.05) is 0 Å². The van der Waals surface area contributed by atoms with Crippen LogP contribution in [0.2, 0.25) is 0 Å². The number of benzene rings is 1. The number of carbonyl (C=O) groups excluding carboxylic acids is 1. The number of nitrogens with one attached hydrogen (secondary N) is 1. The Balaban J connectivity index is 1.87. The van der Waals surface area contributed by atoms with Crippen LogP contribution in [0.25, 0.3) is 0 Å². The average molecular weight is 342 g/mol. The Morgan fingerprint density at radius 1 is 1.26 bits per heavy atom. The summed E-state index contributed by atoms with van der Waals surface area (Å²) < 4.78 is 40.3. The van der Waals surface area contributed by atoms with Gasteiger partial charge in [0.2, 0.25) is 0 Å². The van der Waals surface area contributed by atoms with Gasteiger partial charge < -0.3 is 5.11 Å². The lowest BCUT2D eigenvalue weighted by atomic mass is 9.85. The Morgan fingerprint density at radius 3 is 2.52 bits per heavy atom. The molecule has 1 saturated carbocycles. The fourth-order valence-corrected chi connectivity index (χ4v) is 4.55. The lowest BCUT2D eigenvalue weighted by molar-refractivity contribution is -0.117. The van der Waals surface area contributed by atoms with Crippen LogP contribution in [0.4, 0.5) is 10.1 Å². The van der Waals surface area contributed by atoms with Gasteiger partial charge in [-0.2, -0.15) is 8.42 Å². The van der Waals surface area contributed by atoms with Gasteiger partial charge in [0.15, 0.2) is 5.82 Å². The second-order valence-electron chi connectivity index (χ2n) is 6.19. The maximum Gasteiger partial charge on any atom is 0.326 e. The van der Waals surface area contributed by atoms with E-state index in [2.05, 4.69) is 0 Å². The van der Waals surface area contributed by atoms with Crippen molar-refractivity contribution in [3.05, 3.63) is 23.5 Å². The van der Waals surface area contributed by atoms with E-state index in [1.165, 1.54) is 18.6 Å². The van der Waals surface area contributed by atoms with Gasteiger partial charge in [0.05, 0.1) is 0 Å². The molecule has 126 valence electrons. The minimum atomic E-state index is -4.14. The van der Waals surface area contributed by atoms with E-state index in [9.17, 15) is 22.7 Å². The quantitative estimate of drug-likeness (QED) is 0.877. The number of aromatic hydroxyl groups is 1. The third kappa shape index (κ3) is 3.26. The van der Waals surface area contributed by atoms with Crippen molar-refractivity contribution in [1.82, 2.24) is 4.72 Å². The van der Waals surface area contributed by atoms with Gasteiger partial charge in [0.25, 0.3) is 5.91 Å². The van der Waals surface area contributed by atoms with Crippen LogP contribution in [0.3, 0.4) is 0 Å². The van der Waals surface area contributed by atoms with E-state index in [-0.39, 0.29) is 0 Å². The predicted octanol–water partition coefficient (Wildman–Crippen LogP) is 1.84. The largest absolute Gasteiger partial charge is 0.506 e. The minimum absolute atomic E-state index is 0.462. The standard InChI is InChI=1S/C15H19FN2O4S/c16-12-7-11(6-10-4-2-1-3-5-10)8-13(19)15(12)18-9-14(20)17-23(18,21)22/h7-8,10,19H,1-6,9H2,(H,17,20). The van der Waals surface area contributed by atoms with Crippen LogP contribution in [0.15, 0.2) is 12.1 Å². The molecule has 2 N–H and O–H groups in total. The maximum absolute atomic E-state index is 14.4. The summed E-state index contributed by atoms with van der Waals surface area (Å²) >= 11 is 0. The summed E-state index contributed by atoms with van der Waals surface area (Å²) in [5.74, 6) is -1.59. The van der Waals surface area contributed by atoms with E-state index >= 15 is 0 Å². The van der Waals surface area contributed by atoms with E-state index < -0.39 is 39.9 Å². The highest BCUT2D eigenvalue weighted by molar-refractivity contribution is 7.92. The lowest BCUT2D eigenvalue weighted by Crippen LogP contribution is -2.30. The molecule has 0 aromatic heterocycles. The number of anilines is 1. The molecule has 0 atom stereocenters. The zero-order valence-electron chi connectivity index (χ0n) is 12.6. The molecule has 1 aliphatic carbocycles. The number of hydrogen-bond donors (Lipinski definition) is 2. The molecule has 8 heteroatoms. The summed E-state index contributed by atoms with van der Waals surface area (Å²) in [5, 5.41) is 10.1. The van der Waals surface area contributed by atoms with Crippen molar-refractivity contribution >= 4 is 21.8 Å². The SMILES string of the molecule is O=C1CN(c2c(O)cc(CC3CCCCC3)cc2F)S(=O)(=O)N1. The van der Waals surface area contributed by atoms with Crippen molar-refractivity contribution < 1.29 is 22.7 Å². The van der Waals surface area contributed by atoms with Crippen LogP contribution in [0.5, 0.6) is 5.75 Å². The lowest BCUT2D eigenvalue weighted by Gasteiger charge is -2.22. The Kier molecular flexibility index (Phi) is 4.18. The molecular formula is C15H19FN2O4S. The number of hydrogen-bond acceptors (Lipinski definition) is 4. The summed E-state index contributed by atoms with van der Waals surface area (Å²) in [6.07, 6.45) is 6.39. The average Bonchev–Trinajstić information content (AvgIpc) is 2.72. The van der Waals surface area contributed by atoms with Gasteiger partial charge in [-0.1, -0.05) is 32.1 Å². The van der Waals surface area contributed by atoms with Gasteiger partial charge in [-0.25, -0.2) is 13.4 Å². The van der Waals surface area contributed by atoms with E-state index in [4.69, 9.17) is 0 Å². The highest BCUT2D eigenvalue weighted by Crippen LogP contribution is 2.36. The predicted molar refractivity (Wildman–Crippen MR) is 82.8 cm³/mol. The molecule has 1 aromatic rings. The number of rotatable bonds is 3. The third-order valence-electron chi connectivity index (χ3n) is 4.42. The normalized spacial score (nSPS) is 21.4. The minimum Gasteiger partial charge on any atom is -0.506 e. The summed E-state index contributed by atoms with van der Waals surface area (Å²) in [7, 11) is -4.14. The molecule has 3 rings (SSSR count). The van der Waals surface area contributed by atoms with Crippen LogP contribution >= 0.6 is 0 Å². The van der Waals surface area contributed by atoms with Gasteiger partial charge in [-0.3, -0.25) is 4.79 Å². The van der Waals surface area contributed by atoms with Gasteiger partial charge in [0, 0.05) is 0 Å². The summed E-state index contributed by atoms with van der Waals surface area (Å²) in [5.41, 5.74) is 0.169. The second kappa shape index (κ2) is 5.99. The van der Waals surface area contributed by atoms with Crippen LogP contribution in [0, 0.1) is 11.7 Å². The number of halogens is 1. The molecule has 2 fully saturated rings. The topological polar surface area (TPSA) is 86.7 Å². The first-order valence-corrected chi connectivity index (χ1v) is 9.15. The first kappa shape index (κ1) is 16.0. The summed E-state index contributed by atoms with van der Waals surface area (Å²) in [4.78, 5) is 11.3. The molecule has 1 aromatic carbocycles. The Hall–Kier alpha value is -1.83. The molecule has 0 bridgehead atoms. The van der Waals surface area contributed by atoms with Crippen molar-refractivity contribution in [3.63, 3.8) is 0 Å². The van der Waals surface area contributed by atoms with Crippen LogP contribution in [0.1, 0.15) is 37.7 Å². The number of carbonyl (C=O) groups is 1. The summed E-state index contributed by atoms with van der Waals surface area (Å²) in [6.45, 7) is -0.533. The number of phenolic OH excluding ortho intramolecular Hbond substituents is 1. The van der Waals surface area contributed by atoms with Crippen molar-refractivity contribution in [2.24, 2.45) is 5.92 Å². The Bertz CT molecular complexity index is 706. The molecule has 0 radical (unpaired) electrons. The Labute approximate surface area is 134 Å². The molecule has 1 aliphatic heterocycles. The smallest absolute Gasteiger partial charge is 0.326 e. The molecule has 1 amide bonds. The van der Waals surface area contributed by atoms with Crippen molar-refractivity contribution in [3.8, 4) is 5.75 Å². The van der Waals surface area contributed by atoms with E-state index in [1.54, 1.807) is 4.72 Å². The van der Waals surface area contributed by atoms with Crippen LogP contribution in [-0.4, -0.2) is 26.0 Å². The van der Waals surface area contributed by atoms with Crippen LogP contribution in [-0.2, 0) is 21.4 Å². The second-order valence-corrected chi connectivity index (χ2v) is 7.79. The Morgan fingerprint density at radius 2 is 1.96 bits per heavy atom. The third-order valence-corrected chi connectivity index (χ3v) is 5.80. The van der Waals surface area contributed by atoms with Gasteiger partial charge in [0.1, 0.15) is 18.0 Å². The molecule has 6 nitrogen and oxygen atoms in total. The first-order valence-electron chi connectivity index (χ1n) is 7.71. The highest BCUT2D eigenvalue weighted by atomic mass is 32.2. The zero-order valence-corrected chi connectivity index (χ0v) is 13.4. The molecule has 1 heterocycles. The monoisotopic (exact) mass is 342 g/mol. The van der Waals surface area contributed by atoms with Crippen molar-refractivity contribution in [2.45, 2.75) is 38.5 Å². The molecule has 0 unspecified atom stereocenters. The van der Waals surface area contributed by atoms with Gasteiger partial charge in [-0.15, -0.1) is 0 Å². The fourth-order valence-electron chi connectivity index (χ4n) is 3.37. The van der Waals surface area contributed by atoms with E-state index in [0.717, 1.165) is 25.7 Å². The summed E-state index contributed by atoms with van der Waals surface area (Å²) in [6, 6.07) is 2.65. The maximum atomic E-state index is 14.4. The van der Waals surface area contributed by atoms with Crippen LogP contribution < -0.4 is 9.03 Å². The fraction of sp³-hybridized carbons (Fsp3) is 0.533. The molecule has 23 heavy (non-hydrogen) atoms. The van der Waals surface area contributed by atoms with E-state index in [0.29, 0.717) is 22.2 Å². The number of nitrogens with zero attached hydrogens (tertiary/aromatic N) is 1.